The van der Waals surface area contributed by atoms with Crippen molar-refractivity contribution in [2.75, 3.05) is 0 Å². The van der Waals surface area contributed by atoms with E-state index >= 15 is 0 Å². The number of aromatic nitrogens is 1. The molecule has 0 saturated heterocycles. The summed E-state index contributed by atoms with van der Waals surface area (Å²) in [7, 11) is 0. The standard InChI is InChI=1S/C4H4N.Cu/c1-2-4-5-3-1;/h1-3,5H;/q-1;+1. The molecular weight excluding hydrogens is 126 g/mol. The van der Waals surface area contributed by atoms with Crippen LogP contribution in [-0.4, -0.2) is 4.98 Å². The number of nitrogens with one attached hydrogen (secondary N) is 1. The van der Waals surface area contributed by atoms with Gasteiger partial charge < -0.3 is 4.98 Å². The maximum Gasteiger partial charge on any atom is 1.00 e. The Balaban J connectivity index is 0.000000250. The van der Waals surface area contributed by atoms with Gasteiger partial charge in [-0.25, -0.2) is 0 Å². The van der Waals surface area contributed by atoms with E-state index in [2.05, 4.69) is 11.2 Å². The minimum Gasteiger partial charge on any atom is -0.484 e. The van der Waals surface area contributed by atoms with Gasteiger partial charge in [-0.05, 0) is 0 Å². The van der Waals surface area contributed by atoms with E-state index in [1.807, 2.05) is 18.3 Å². The van der Waals surface area contributed by atoms with Gasteiger partial charge in [-0.1, -0.05) is 0 Å². The van der Waals surface area contributed by atoms with Gasteiger partial charge in [-0.3, -0.25) is 0 Å². The fourth-order valence-electron chi connectivity index (χ4n) is 0.241. The molecule has 1 aromatic rings. The van der Waals surface area contributed by atoms with Gasteiger partial charge in [-0.2, -0.15) is 18.3 Å². The average Bonchev–Trinajstić information content (AvgIpc) is 1.76. The zero-order valence-electron chi connectivity index (χ0n) is 3.03. The second kappa shape index (κ2) is 3.01. The Morgan fingerprint density at radius 3 is 2.50 bits per heavy atom. The number of rotatable bonds is 0. The van der Waals surface area contributed by atoms with Crippen LogP contribution >= 0.6 is 0 Å². The monoisotopic (exact) mass is 129 g/mol. The number of H-pyrrole nitrogens is 1. The van der Waals surface area contributed by atoms with Crippen LogP contribution in [0.5, 0.6) is 0 Å². The van der Waals surface area contributed by atoms with Gasteiger partial charge >= 0.3 is 17.1 Å². The molecular formula is C4H4CuN. The van der Waals surface area contributed by atoms with E-state index < -0.39 is 0 Å². The Bertz CT molecular complexity index is 64.0. The van der Waals surface area contributed by atoms with E-state index in [0.717, 1.165) is 0 Å². The first kappa shape index (κ1) is 5.80. The van der Waals surface area contributed by atoms with Crippen LogP contribution in [-0.2, 0) is 17.1 Å². The Kier molecular flexibility index (Phi) is 2.91. The smallest absolute Gasteiger partial charge is 0.484 e. The molecule has 6 heavy (non-hydrogen) atoms. The summed E-state index contributed by atoms with van der Waals surface area (Å²) >= 11 is 0. The molecule has 0 amide bonds. The molecule has 0 aliphatic heterocycles. The van der Waals surface area contributed by atoms with Crippen LogP contribution in [0, 0.1) is 6.20 Å². The molecule has 0 aliphatic rings. The molecule has 0 bridgehead atoms. The second-order valence-corrected chi connectivity index (χ2v) is 0.814. The van der Waals surface area contributed by atoms with E-state index in [1.165, 1.54) is 0 Å². The van der Waals surface area contributed by atoms with Gasteiger partial charge in [-0.15, -0.1) is 6.20 Å². The van der Waals surface area contributed by atoms with Crippen molar-refractivity contribution in [2.24, 2.45) is 0 Å². The predicted octanol–water partition coefficient (Wildman–Crippen LogP) is 0.812. The zero-order valence-corrected chi connectivity index (χ0v) is 3.98. The SMILES string of the molecule is [Cu+].[c-]1ccc[nH]1. The van der Waals surface area contributed by atoms with E-state index in [-0.39, 0.29) is 17.1 Å². The van der Waals surface area contributed by atoms with Crippen molar-refractivity contribution in [1.82, 2.24) is 4.98 Å². The normalized spacial score (nSPS) is 6.67. The van der Waals surface area contributed by atoms with Gasteiger partial charge in [0.05, 0.1) is 0 Å². The molecule has 2 heteroatoms. The maximum atomic E-state index is 2.74. The summed E-state index contributed by atoms with van der Waals surface area (Å²) < 4.78 is 0. The fraction of sp³-hybridized carbons (Fsp3) is 0. The van der Waals surface area contributed by atoms with Crippen molar-refractivity contribution in [1.29, 1.82) is 0 Å². The molecule has 0 saturated carbocycles. The molecule has 1 rings (SSSR count). The first-order valence-electron chi connectivity index (χ1n) is 1.49. The van der Waals surface area contributed by atoms with Crippen molar-refractivity contribution in [3.8, 4) is 0 Å². The summed E-state index contributed by atoms with van der Waals surface area (Å²) in [6, 6.07) is 3.71. The quantitative estimate of drug-likeness (QED) is 0.394. The molecule has 0 aromatic carbocycles. The van der Waals surface area contributed by atoms with Gasteiger partial charge in [0, 0.05) is 0 Å². The molecule has 1 aromatic heterocycles. The second-order valence-electron chi connectivity index (χ2n) is 0.814. The number of hydrogen-bond donors (Lipinski definition) is 1. The van der Waals surface area contributed by atoms with Gasteiger partial charge in [0.2, 0.25) is 0 Å². The van der Waals surface area contributed by atoms with Crippen molar-refractivity contribution in [3.05, 3.63) is 24.5 Å². The van der Waals surface area contributed by atoms with Gasteiger partial charge in [0.1, 0.15) is 0 Å². The average molecular weight is 130 g/mol. The van der Waals surface area contributed by atoms with Crippen molar-refractivity contribution >= 4 is 0 Å². The van der Waals surface area contributed by atoms with Crippen LogP contribution in [0.2, 0.25) is 0 Å². The predicted molar refractivity (Wildman–Crippen MR) is 19.6 cm³/mol. The molecule has 0 fully saturated rings. The molecule has 36 valence electrons. The first-order valence-corrected chi connectivity index (χ1v) is 1.49. The minimum absolute atomic E-state index is 0. The zero-order chi connectivity index (χ0) is 3.54. The molecule has 0 aliphatic carbocycles. The van der Waals surface area contributed by atoms with Crippen molar-refractivity contribution in [2.45, 2.75) is 0 Å². The number of aromatic amines is 1. The molecule has 1 N–H and O–H groups in total. The Morgan fingerprint density at radius 2 is 2.33 bits per heavy atom. The molecule has 0 radical (unpaired) electrons. The topological polar surface area (TPSA) is 15.8 Å². The Hall–Kier alpha value is -0.201. The summed E-state index contributed by atoms with van der Waals surface area (Å²) in [5, 5.41) is 0. The van der Waals surface area contributed by atoms with E-state index in [4.69, 9.17) is 0 Å². The van der Waals surface area contributed by atoms with Crippen LogP contribution in [0.1, 0.15) is 0 Å². The van der Waals surface area contributed by atoms with E-state index in [9.17, 15) is 0 Å². The van der Waals surface area contributed by atoms with Crippen molar-refractivity contribution in [3.63, 3.8) is 0 Å². The number of hydrogen-bond acceptors (Lipinski definition) is 0. The molecule has 0 spiro atoms. The first-order chi connectivity index (χ1) is 2.50. The third-order valence-electron chi connectivity index (χ3n) is 0.442. The molecule has 1 nitrogen and oxygen atoms in total. The molecule has 0 atom stereocenters. The Morgan fingerprint density at radius 1 is 1.50 bits per heavy atom. The van der Waals surface area contributed by atoms with Gasteiger partial charge in [0.15, 0.2) is 0 Å². The summed E-state index contributed by atoms with van der Waals surface area (Å²) in [5.74, 6) is 0. The Labute approximate surface area is 47.2 Å². The summed E-state index contributed by atoms with van der Waals surface area (Å²) in [6.07, 6.45) is 4.56. The van der Waals surface area contributed by atoms with E-state index in [0.29, 0.717) is 0 Å². The molecule has 0 unspecified atom stereocenters. The molecule has 1 heterocycles. The summed E-state index contributed by atoms with van der Waals surface area (Å²) in [6.45, 7) is 0. The largest absolute Gasteiger partial charge is 1.00 e. The van der Waals surface area contributed by atoms with Crippen LogP contribution < -0.4 is 0 Å². The third kappa shape index (κ3) is 1.29. The maximum absolute atomic E-state index is 2.74. The third-order valence-corrected chi connectivity index (χ3v) is 0.442. The van der Waals surface area contributed by atoms with Gasteiger partial charge in [0.25, 0.3) is 0 Å². The minimum atomic E-state index is 0. The summed E-state index contributed by atoms with van der Waals surface area (Å²) in [4.78, 5) is 2.74. The van der Waals surface area contributed by atoms with Crippen LogP contribution in [0.4, 0.5) is 0 Å². The fourth-order valence-corrected chi connectivity index (χ4v) is 0.241. The van der Waals surface area contributed by atoms with Crippen molar-refractivity contribution < 1.29 is 17.1 Å². The van der Waals surface area contributed by atoms with E-state index in [1.54, 1.807) is 0 Å². The summed E-state index contributed by atoms with van der Waals surface area (Å²) in [5.41, 5.74) is 0. The van der Waals surface area contributed by atoms with Crippen LogP contribution in [0.25, 0.3) is 0 Å². The van der Waals surface area contributed by atoms with Crippen LogP contribution in [0.15, 0.2) is 18.3 Å². The van der Waals surface area contributed by atoms with Crippen LogP contribution in [0.3, 0.4) is 0 Å².